The highest BCUT2D eigenvalue weighted by Crippen LogP contribution is 2.65. The third-order valence-corrected chi connectivity index (χ3v) is 11.4. The van der Waals surface area contributed by atoms with Gasteiger partial charge in [0.05, 0.1) is 24.8 Å². The highest BCUT2D eigenvalue weighted by atomic mass is 16.7. The molecule has 16 heteroatoms. The van der Waals surface area contributed by atoms with Crippen molar-refractivity contribution in [2.45, 2.75) is 169 Å². The van der Waals surface area contributed by atoms with Crippen molar-refractivity contribution in [1.82, 2.24) is 10.2 Å². The number of esters is 1. The van der Waals surface area contributed by atoms with Gasteiger partial charge in [-0.25, -0.2) is 14.4 Å². The third-order valence-electron chi connectivity index (χ3n) is 11.4. The predicted octanol–water partition coefficient (Wildman–Crippen LogP) is 6.96. The smallest absolute Gasteiger partial charge is 0.486 e. The standard InChI is InChI=1S/C42H63BN2O13/c1-38(2,3)54-35(49)33-28(52-27-22-45(23-27)31(46)21-26(14-16-32(47)48)44-36(50)55-39(4,5)6)15-13-24(34(33)53-37(51)56-40(7,8)9)17-18-43-57-30-20-25-19-29(41(25,10)11)42(30,12)58-43/h13,15,25-27,29-30H,14,16-23H2,1-12H3,(H,44,50)(H,47,48)/t25-,26-,29-,30+,42-/m0/s1. The summed E-state index contributed by atoms with van der Waals surface area (Å²) in [5, 5.41) is 11.9. The number of hydrogen-bond donors (Lipinski definition) is 2. The van der Waals surface area contributed by atoms with Gasteiger partial charge in [-0.1, -0.05) is 19.9 Å². The van der Waals surface area contributed by atoms with E-state index in [1.807, 2.05) is 0 Å². The molecule has 322 valence electrons. The van der Waals surface area contributed by atoms with Gasteiger partial charge in [0.1, 0.15) is 34.2 Å². The molecule has 0 aromatic heterocycles. The topological polar surface area (TPSA) is 185 Å². The number of rotatable bonds is 13. The molecule has 5 atom stereocenters. The molecule has 5 aliphatic rings. The molecular formula is C42H63BN2O13. The van der Waals surface area contributed by atoms with Crippen molar-refractivity contribution in [3.63, 3.8) is 0 Å². The van der Waals surface area contributed by atoms with Gasteiger partial charge in [-0.15, -0.1) is 0 Å². The Morgan fingerprint density at radius 1 is 0.931 bits per heavy atom. The Morgan fingerprint density at radius 3 is 2.16 bits per heavy atom. The molecule has 0 radical (unpaired) electrons. The van der Waals surface area contributed by atoms with Crippen molar-refractivity contribution in [2.75, 3.05) is 13.1 Å². The van der Waals surface area contributed by atoms with Crippen LogP contribution in [-0.4, -0.2) is 101 Å². The zero-order valence-corrected chi connectivity index (χ0v) is 36.3. The highest BCUT2D eigenvalue weighted by molar-refractivity contribution is 6.45. The summed E-state index contributed by atoms with van der Waals surface area (Å²) >= 11 is 0. The fourth-order valence-corrected chi connectivity index (χ4v) is 8.48. The summed E-state index contributed by atoms with van der Waals surface area (Å²) < 4.78 is 42.0. The second-order valence-electron chi connectivity index (χ2n) is 20.0. The molecule has 3 aliphatic carbocycles. The van der Waals surface area contributed by atoms with Crippen LogP contribution in [0.2, 0.25) is 6.32 Å². The van der Waals surface area contributed by atoms with Gasteiger partial charge in [-0.05, 0) is 130 Å². The van der Waals surface area contributed by atoms with Crippen molar-refractivity contribution in [3.8, 4) is 11.5 Å². The van der Waals surface area contributed by atoms with E-state index in [0.717, 1.165) is 12.8 Å². The van der Waals surface area contributed by atoms with E-state index in [9.17, 15) is 29.1 Å². The lowest BCUT2D eigenvalue weighted by molar-refractivity contribution is -0.199. The molecule has 6 rings (SSSR count). The Kier molecular flexibility index (Phi) is 12.8. The summed E-state index contributed by atoms with van der Waals surface area (Å²) in [6.07, 6.45) is 0.109. The number of aliphatic carboxylic acids is 1. The Morgan fingerprint density at radius 2 is 1.57 bits per heavy atom. The number of carboxylic acid groups (broad SMARTS) is 1. The van der Waals surface area contributed by atoms with Gasteiger partial charge in [0, 0.05) is 18.9 Å². The molecule has 2 N–H and O–H groups in total. The van der Waals surface area contributed by atoms with E-state index in [-0.39, 0.29) is 66.8 Å². The van der Waals surface area contributed by atoms with Crippen LogP contribution in [0.5, 0.6) is 11.5 Å². The average Bonchev–Trinajstić information content (AvgIpc) is 3.37. The molecule has 2 bridgehead atoms. The van der Waals surface area contributed by atoms with E-state index < -0.39 is 65.9 Å². The van der Waals surface area contributed by atoms with Crippen LogP contribution in [0, 0.1) is 17.3 Å². The maximum Gasteiger partial charge on any atom is 0.514 e. The monoisotopic (exact) mass is 814 g/mol. The molecule has 2 heterocycles. The van der Waals surface area contributed by atoms with Crippen LogP contribution in [0.25, 0.3) is 0 Å². The second kappa shape index (κ2) is 16.5. The lowest BCUT2D eigenvalue weighted by atomic mass is 9.43. The van der Waals surface area contributed by atoms with Crippen LogP contribution in [0.3, 0.4) is 0 Å². The molecule has 0 spiro atoms. The number of alkyl carbamates (subject to hydrolysis) is 1. The molecule has 0 unspecified atom stereocenters. The first-order valence-corrected chi connectivity index (χ1v) is 20.4. The van der Waals surface area contributed by atoms with Gasteiger partial charge in [0.25, 0.3) is 0 Å². The van der Waals surface area contributed by atoms with E-state index in [4.69, 9.17) is 33.0 Å². The molecule has 2 amide bonds. The van der Waals surface area contributed by atoms with E-state index in [2.05, 4.69) is 26.1 Å². The molecule has 1 aromatic rings. The quantitative estimate of drug-likeness (QED) is 0.0902. The number of aryl methyl sites for hydroxylation is 1. The zero-order chi connectivity index (χ0) is 43.2. The number of nitrogens with zero attached hydrogens (tertiary/aromatic N) is 1. The maximum atomic E-state index is 14.0. The summed E-state index contributed by atoms with van der Waals surface area (Å²) in [5.74, 6) is -1.15. The second-order valence-corrected chi connectivity index (χ2v) is 20.0. The van der Waals surface area contributed by atoms with Crippen molar-refractivity contribution < 1.29 is 62.1 Å². The Balaban J connectivity index is 1.34. The Hall–Kier alpha value is -4.05. The molecule has 1 aromatic carbocycles. The van der Waals surface area contributed by atoms with E-state index >= 15 is 0 Å². The number of carboxylic acids is 1. The molecule has 15 nitrogen and oxygen atoms in total. The zero-order valence-electron chi connectivity index (χ0n) is 36.3. The van der Waals surface area contributed by atoms with Gasteiger partial charge >= 0.3 is 31.3 Å². The molecule has 5 fully saturated rings. The summed E-state index contributed by atoms with van der Waals surface area (Å²) in [6.45, 7) is 22.4. The first-order valence-electron chi connectivity index (χ1n) is 20.4. The van der Waals surface area contributed by atoms with E-state index in [0.29, 0.717) is 30.1 Å². The van der Waals surface area contributed by atoms with Crippen molar-refractivity contribution in [2.24, 2.45) is 17.3 Å². The number of ether oxygens (including phenoxy) is 5. The van der Waals surface area contributed by atoms with Crippen LogP contribution >= 0.6 is 0 Å². The number of carbonyl (C=O) groups is 5. The van der Waals surface area contributed by atoms with Crippen LogP contribution in [-0.2, 0) is 39.5 Å². The van der Waals surface area contributed by atoms with Crippen LogP contribution < -0.4 is 14.8 Å². The first kappa shape index (κ1) is 45.0. The third kappa shape index (κ3) is 11.0. The Labute approximate surface area is 342 Å². The lowest BCUT2D eigenvalue weighted by Crippen LogP contribution is -2.65. The SMILES string of the molecule is CC(C)(C)OC(=O)N[C@@H](CCC(=O)O)CC(=O)N1CC(Oc2ccc(CCB3O[C@@H]4C[C@@H]5C[C@@H](C5(C)C)[C@]4(C)O3)c(OC(=O)OC(C)(C)C)c2C(=O)OC(C)(C)C)C1. The van der Waals surface area contributed by atoms with E-state index in [1.54, 1.807) is 74.4 Å². The number of carbonyl (C=O) groups excluding carboxylic acids is 4. The van der Waals surface area contributed by atoms with Gasteiger partial charge in [-0.2, -0.15) is 0 Å². The van der Waals surface area contributed by atoms with Gasteiger partial charge in [0.2, 0.25) is 5.91 Å². The number of hydrogen-bond acceptors (Lipinski definition) is 12. The van der Waals surface area contributed by atoms with E-state index in [1.165, 1.54) is 4.90 Å². The largest absolute Gasteiger partial charge is 0.514 e. The predicted molar refractivity (Wildman–Crippen MR) is 213 cm³/mol. The van der Waals surface area contributed by atoms with Crippen molar-refractivity contribution >= 4 is 37.2 Å². The normalized spacial score (nSPS) is 24.4. The summed E-state index contributed by atoms with van der Waals surface area (Å²) in [6, 6.07) is 2.58. The average molecular weight is 815 g/mol. The van der Waals surface area contributed by atoms with Crippen molar-refractivity contribution in [1.29, 1.82) is 0 Å². The maximum absolute atomic E-state index is 14.0. The Bertz CT molecular complexity index is 1740. The summed E-state index contributed by atoms with van der Waals surface area (Å²) in [7, 11) is -0.498. The van der Waals surface area contributed by atoms with Crippen LogP contribution in [0.1, 0.15) is 131 Å². The van der Waals surface area contributed by atoms with Crippen LogP contribution in [0.4, 0.5) is 9.59 Å². The number of likely N-dealkylation sites (tertiary alicyclic amines) is 1. The molecule has 3 saturated carbocycles. The fraction of sp³-hybridized carbons (Fsp3) is 0.738. The highest BCUT2D eigenvalue weighted by Gasteiger charge is 2.67. The van der Waals surface area contributed by atoms with Crippen molar-refractivity contribution in [3.05, 3.63) is 23.3 Å². The number of amides is 2. The van der Waals surface area contributed by atoms with Gasteiger partial charge in [-0.3, -0.25) is 9.59 Å². The molecule has 58 heavy (non-hydrogen) atoms. The minimum absolute atomic E-state index is 0.00866. The fourth-order valence-electron chi connectivity index (χ4n) is 8.48. The first-order chi connectivity index (χ1) is 26.6. The minimum atomic E-state index is -1.06. The summed E-state index contributed by atoms with van der Waals surface area (Å²) in [4.78, 5) is 65.8. The minimum Gasteiger partial charge on any atom is -0.486 e. The number of nitrogens with one attached hydrogen (secondary N) is 1. The molecule has 2 aliphatic heterocycles. The summed E-state index contributed by atoms with van der Waals surface area (Å²) in [5.41, 5.74) is -2.38. The van der Waals surface area contributed by atoms with Gasteiger partial charge < -0.3 is 48.3 Å². The molecule has 2 saturated heterocycles. The van der Waals surface area contributed by atoms with Gasteiger partial charge in [0.15, 0.2) is 5.75 Å². The molecular weight excluding hydrogens is 751 g/mol. The lowest BCUT2D eigenvalue weighted by Gasteiger charge is -2.64. The van der Waals surface area contributed by atoms with Crippen LogP contribution in [0.15, 0.2) is 12.1 Å². The number of benzene rings is 1.